The SMILES string of the molecule is CC(C)N(C(=O)COC(=O)c1ccccc1OCC(=O)Nc1ccc(Br)cc1)C(C)C. The highest BCUT2D eigenvalue weighted by molar-refractivity contribution is 9.10. The zero-order chi connectivity index (χ0) is 23.0. The Hall–Kier alpha value is -2.87. The minimum Gasteiger partial charge on any atom is -0.483 e. The number of ether oxygens (including phenoxy) is 2. The lowest BCUT2D eigenvalue weighted by molar-refractivity contribution is -0.138. The van der Waals surface area contributed by atoms with Crippen LogP contribution < -0.4 is 10.1 Å². The van der Waals surface area contributed by atoms with E-state index in [0.717, 1.165) is 4.47 Å². The first-order chi connectivity index (χ1) is 14.7. The van der Waals surface area contributed by atoms with Crippen molar-refractivity contribution < 1.29 is 23.9 Å². The molecule has 8 heteroatoms. The number of benzene rings is 2. The predicted molar refractivity (Wildman–Crippen MR) is 122 cm³/mol. The van der Waals surface area contributed by atoms with Crippen molar-refractivity contribution >= 4 is 39.4 Å². The molecule has 0 unspecified atom stereocenters. The quantitative estimate of drug-likeness (QED) is 0.530. The van der Waals surface area contributed by atoms with Gasteiger partial charge in [0.05, 0.1) is 0 Å². The molecule has 0 atom stereocenters. The Balaban J connectivity index is 1.96. The highest BCUT2D eigenvalue weighted by Crippen LogP contribution is 2.20. The first kappa shape index (κ1) is 24.4. The number of anilines is 1. The molecular formula is C23H27BrN2O5. The van der Waals surface area contributed by atoms with Gasteiger partial charge in [0.25, 0.3) is 11.8 Å². The standard InChI is InChI=1S/C23H27BrN2O5/c1-15(2)26(16(3)4)22(28)14-31-23(29)19-7-5-6-8-20(19)30-13-21(27)25-18-11-9-17(24)10-12-18/h5-12,15-16H,13-14H2,1-4H3,(H,25,27). The van der Waals surface area contributed by atoms with E-state index >= 15 is 0 Å². The smallest absolute Gasteiger partial charge is 0.342 e. The first-order valence-corrected chi connectivity index (χ1v) is 10.7. The van der Waals surface area contributed by atoms with Crippen molar-refractivity contribution in [1.82, 2.24) is 4.90 Å². The third-order valence-electron chi connectivity index (χ3n) is 4.32. The van der Waals surface area contributed by atoms with Crippen LogP contribution in [-0.2, 0) is 14.3 Å². The number of nitrogens with zero attached hydrogens (tertiary/aromatic N) is 1. The number of halogens is 1. The minimum atomic E-state index is -0.690. The Kier molecular flexibility index (Phi) is 9.05. The van der Waals surface area contributed by atoms with Crippen LogP contribution in [0.25, 0.3) is 0 Å². The van der Waals surface area contributed by atoms with Gasteiger partial charge in [0, 0.05) is 22.2 Å². The van der Waals surface area contributed by atoms with Crippen LogP contribution in [0.3, 0.4) is 0 Å². The molecule has 0 aliphatic rings. The maximum absolute atomic E-state index is 12.5. The van der Waals surface area contributed by atoms with E-state index < -0.39 is 5.97 Å². The number of rotatable bonds is 9. The maximum atomic E-state index is 12.5. The van der Waals surface area contributed by atoms with Gasteiger partial charge in [-0.05, 0) is 64.1 Å². The Bertz CT molecular complexity index is 904. The van der Waals surface area contributed by atoms with Gasteiger partial charge in [-0.1, -0.05) is 28.1 Å². The second-order valence-electron chi connectivity index (χ2n) is 7.40. The van der Waals surface area contributed by atoms with Crippen LogP contribution in [0.2, 0.25) is 0 Å². The van der Waals surface area contributed by atoms with Crippen molar-refractivity contribution in [3.63, 3.8) is 0 Å². The van der Waals surface area contributed by atoms with Crippen LogP contribution in [-0.4, -0.2) is 48.0 Å². The Morgan fingerprint density at radius 3 is 2.16 bits per heavy atom. The molecule has 7 nitrogen and oxygen atoms in total. The number of carbonyl (C=O) groups is 3. The molecule has 0 radical (unpaired) electrons. The topological polar surface area (TPSA) is 84.9 Å². The second kappa shape index (κ2) is 11.5. The van der Waals surface area contributed by atoms with Crippen LogP contribution in [0.15, 0.2) is 53.0 Å². The van der Waals surface area contributed by atoms with Gasteiger partial charge in [-0.15, -0.1) is 0 Å². The summed E-state index contributed by atoms with van der Waals surface area (Å²) in [5.74, 6) is -1.13. The average Bonchev–Trinajstić information content (AvgIpc) is 2.72. The van der Waals surface area contributed by atoms with Gasteiger partial charge in [0.1, 0.15) is 11.3 Å². The number of para-hydroxylation sites is 1. The molecule has 0 aromatic heterocycles. The van der Waals surface area contributed by atoms with E-state index in [0.29, 0.717) is 5.69 Å². The molecule has 2 rings (SSSR count). The molecule has 0 heterocycles. The summed E-state index contributed by atoms with van der Waals surface area (Å²) in [7, 11) is 0. The van der Waals surface area contributed by atoms with E-state index in [2.05, 4.69) is 21.2 Å². The van der Waals surface area contributed by atoms with Crippen molar-refractivity contribution in [2.24, 2.45) is 0 Å². The summed E-state index contributed by atoms with van der Waals surface area (Å²) >= 11 is 3.33. The molecule has 31 heavy (non-hydrogen) atoms. The summed E-state index contributed by atoms with van der Waals surface area (Å²) in [4.78, 5) is 38.8. The number of amides is 2. The van der Waals surface area contributed by atoms with E-state index in [4.69, 9.17) is 9.47 Å². The fourth-order valence-corrected chi connectivity index (χ4v) is 3.35. The van der Waals surface area contributed by atoms with Crippen molar-refractivity contribution in [3.8, 4) is 5.75 Å². The lowest BCUT2D eigenvalue weighted by Gasteiger charge is -2.30. The maximum Gasteiger partial charge on any atom is 0.342 e. The number of esters is 1. The van der Waals surface area contributed by atoms with Gasteiger partial charge in [-0.3, -0.25) is 9.59 Å². The van der Waals surface area contributed by atoms with Crippen LogP contribution in [0.5, 0.6) is 5.75 Å². The fourth-order valence-electron chi connectivity index (χ4n) is 3.09. The lowest BCUT2D eigenvalue weighted by atomic mass is 10.2. The summed E-state index contributed by atoms with van der Waals surface area (Å²) in [6.45, 7) is 6.97. The van der Waals surface area contributed by atoms with Gasteiger partial charge >= 0.3 is 5.97 Å². The molecule has 166 valence electrons. The van der Waals surface area contributed by atoms with Crippen LogP contribution >= 0.6 is 15.9 Å². The Morgan fingerprint density at radius 2 is 1.55 bits per heavy atom. The summed E-state index contributed by atoms with van der Waals surface area (Å²) in [5.41, 5.74) is 0.773. The third kappa shape index (κ3) is 7.40. The zero-order valence-corrected chi connectivity index (χ0v) is 19.6. The molecule has 2 amide bonds. The van der Waals surface area contributed by atoms with Crippen molar-refractivity contribution in [2.75, 3.05) is 18.5 Å². The molecule has 0 aliphatic heterocycles. The monoisotopic (exact) mass is 490 g/mol. The summed E-state index contributed by atoms with van der Waals surface area (Å²) in [5, 5.41) is 2.71. The van der Waals surface area contributed by atoms with Crippen LogP contribution in [0, 0.1) is 0 Å². The molecule has 2 aromatic rings. The molecule has 0 fully saturated rings. The molecule has 2 aromatic carbocycles. The van der Waals surface area contributed by atoms with Gasteiger partial charge in [-0.2, -0.15) is 0 Å². The largest absolute Gasteiger partial charge is 0.483 e. The Labute approximate surface area is 190 Å². The molecule has 0 bridgehead atoms. The van der Waals surface area contributed by atoms with Gasteiger partial charge in [-0.25, -0.2) is 4.79 Å². The highest BCUT2D eigenvalue weighted by Gasteiger charge is 2.22. The summed E-state index contributed by atoms with van der Waals surface area (Å²) < 4.78 is 11.6. The number of hydrogen-bond acceptors (Lipinski definition) is 5. The molecule has 0 saturated heterocycles. The van der Waals surface area contributed by atoms with E-state index in [-0.39, 0.29) is 48.4 Å². The van der Waals surface area contributed by atoms with Crippen LogP contribution in [0.4, 0.5) is 5.69 Å². The number of nitrogens with one attached hydrogen (secondary N) is 1. The first-order valence-electron chi connectivity index (χ1n) is 9.94. The van der Waals surface area contributed by atoms with Crippen LogP contribution in [0.1, 0.15) is 38.1 Å². The van der Waals surface area contributed by atoms with E-state index in [1.165, 1.54) is 6.07 Å². The molecule has 0 aliphatic carbocycles. The van der Waals surface area contributed by atoms with E-state index in [1.54, 1.807) is 35.2 Å². The summed E-state index contributed by atoms with van der Waals surface area (Å²) in [6.07, 6.45) is 0. The highest BCUT2D eigenvalue weighted by atomic mass is 79.9. The van der Waals surface area contributed by atoms with Crippen molar-refractivity contribution in [1.29, 1.82) is 0 Å². The average molecular weight is 491 g/mol. The van der Waals surface area contributed by atoms with E-state index in [9.17, 15) is 14.4 Å². The number of carbonyl (C=O) groups excluding carboxylic acids is 3. The number of hydrogen-bond donors (Lipinski definition) is 1. The van der Waals surface area contributed by atoms with Gasteiger partial charge in [0.15, 0.2) is 13.2 Å². The molecule has 1 N–H and O–H groups in total. The van der Waals surface area contributed by atoms with Gasteiger partial charge in [0.2, 0.25) is 0 Å². The minimum absolute atomic E-state index is 0.00828. The second-order valence-corrected chi connectivity index (χ2v) is 8.32. The normalized spacial score (nSPS) is 10.7. The molecule has 0 saturated carbocycles. The Morgan fingerprint density at radius 1 is 0.935 bits per heavy atom. The molecular weight excluding hydrogens is 464 g/mol. The summed E-state index contributed by atoms with van der Waals surface area (Å²) in [6, 6.07) is 13.5. The van der Waals surface area contributed by atoms with Crippen molar-refractivity contribution in [2.45, 2.75) is 39.8 Å². The van der Waals surface area contributed by atoms with E-state index in [1.807, 2.05) is 39.8 Å². The third-order valence-corrected chi connectivity index (χ3v) is 4.85. The molecule has 0 spiro atoms. The lowest BCUT2D eigenvalue weighted by Crippen LogP contribution is -2.44. The van der Waals surface area contributed by atoms with Gasteiger partial charge < -0.3 is 19.7 Å². The predicted octanol–water partition coefficient (Wildman–Crippen LogP) is 4.27. The zero-order valence-electron chi connectivity index (χ0n) is 18.1. The fraction of sp³-hybridized carbons (Fsp3) is 0.348. The van der Waals surface area contributed by atoms with Crippen molar-refractivity contribution in [3.05, 3.63) is 58.6 Å².